The number of nitrogens with zero attached hydrogens (tertiary/aromatic N) is 1. The molecule has 1 aliphatic rings. The number of aliphatic carboxylic acids is 1. The maximum absolute atomic E-state index is 11.6. The Morgan fingerprint density at radius 3 is 2.81 bits per heavy atom. The highest BCUT2D eigenvalue weighted by Gasteiger charge is 2.31. The molecule has 0 atom stereocenters. The van der Waals surface area contributed by atoms with Crippen molar-refractivity contribution in [3.8, 4) is 6.07 Å². The molecule has 1 aromatic rings. The van der Waals surface area contributed by atoms with Gasteiger partial charge in [-0.05, 0) is 25.5 Å². The van der Waals surface area contributed by atoms with Gasteiger partial charge in [0.15, 0.2) is 0 Å². The number of hydrogen-bond acceptors (Lipinski definition) is 6. The Hall–Kier alpha value is -2.17. The van der Waals surface area contributed by atoms with Gasteiger partial charge in [0.05, 0.1) is 23.7 Å². The molecule has 7 heteroatoms. The minimum atomic E-state index is -1.45. The summed E-state index contributed by atoms with van der Waals surface area (Å²) < 4.78 is 5.68. The van der Waals surface area contributed by atoms with Crippen LogP contribution < -0.4 is 10.4 Å². The van der Waals surface area contributed by atoms with E-state index in [0.717, 1.165) is 16.5 Å². The average Bonchev–Trinajstić information content (AvgIpc) is 2.71. The lowest BCUT2D eigenvalue weighted by atomic mass is 9.93. The zero-order valence-electron chi connectivity index (χ0n) is 11.6. The van der Waals surface area contributed by atoms with E-state index in [0.29, 0.717) is 29.7 Å². The number of hydrogen-bond donors (Lipinski definition) is 1. The molecule has 0 saturated carbocycles. The molecule has 0 saturated heterocycles. The van der Waals surface area contributed by atoms with Gasteiger partial charge >= 0.3 is 0 Å². The van der Waals surface area contributed by atoms with Gasteiger partial charge in [-0.2, -0.15) is 5.26 Å². The zero-order valence-corrected chi connectivity index (χ0v) is 12.4. The normalized spacial score (nSPS) is 16.2. The average molecular weight is 305 g/mol. The Morgan fingerprint density at radius 1 is 1.48 bits per heavy atom. The van der Waals surface area contributed by atoms with Crippen LogP contribution in [0.3, 0.4) is 0 Å². The quantitative estimate of drug-likeness (QED) is 0.829. The molecule has 0 spiro atoms. The first-order valence-corrected chi connectivity index (χ1v) is 7.02. The third-order valence-electron chi connectivity index (χ3n) is 3.01. The van der Waals surface area contributed by atoms with Gasteiger partial charge in [-0.15, -0.1) is 11.3 Å². The molecule has 1 aromatic heterocycles. The zero-order chi connectivity index (χ0) is 15.6. The number of carbonyl (C=O) groups excluding carboxylic acids is 2. The van der Waals surface area contributed by atoms with E-state index in [9.17, 15) is 20.0 Å². The van der Waals surface area contributed by atoms with Crippen molar-refractivity contribution in [2.24, 2.45) is 0 Å². The standard InChI is InChI=1S/C14H14N2O4S/c1-14(2)5-8-9(6-15)13(21-10(8)7-20-14)16-11(17)3-4-12(18)19/h3-4H,5,7H2,1-2H3,(H,16,17)(H,18,19)/p-1/b4-3+. The summed E-state index contributed by atoms with van der Waals surface area (Å²) in [6.07, 6.45) is 2.09. The molecule has 0 bridgehead atoms. The number of anilines is 1. The largest absolute Gasteiger partial charge is 0.545 e. The lowest BCUT2D eigenvalue weighted by Crippen LogP contribution is -2.31. The van der Waals surface area contributed by atoms with Gasteiger partial charge in [0, 0.05) is 17.4 Å². The number of rotatable bonds is 3. The van der Waals surface area contributed by atoms with E-state index in [-0.39, 0.29) is 5.60 Å². The third-order valence-corrected chi connectivity index (χ3v) is 4.13. The number of thiophene rings is 1. The Morgan fingerprint density at radius 2 is 2.19 bits per heavy atom. The minimum Gasteiger partial charge on any atom is -0.545 e. The second kappa shape index (κ2) is 5.68. The third kappa shape index (κ3) is 3.48. The van der Waals surface area contributed by atoms with E-state index in [4.69, 9.17) is 4.74 Å². The second-order valence-corrected chi connectivity index (χ2v) is 6.29. The highest BCUT2D eigenvalue weighted by molar-refractivity contribution is 7.16. The van der Waals surface area contributed by atoms with E-state index >= 15 is 0 Å². The van der Waals surface area contributed by atoms with Gasteiger partial charge < -0.3 is 20.0 Å². The van der Waals surface area contributed by atoms with Crippen molar-refractivity contribution < 1.29 is 19.4 Å². The van der Waals surface area contributed by atoms with E-state index in [1.807, 2.05) is 13.8 Å². The van der Waals surface area contributed by atoms with Crippen LogP contribution in [-0.4, -0.2) is 17.5 Å². The predicted molar refractivity (Wildman–Crippen MR) is 74.4 cm³/mol. The highest BCUT2D eigenvalue weighted by Crippen LogP contribution is 2.39. The predicted octanol–water partition coefficient (Wildman–Crippen LogP) is 0.716. The van der Waals surface area contributed by atoms with Crippen LogP contribution in [0.25, 0.3) is 0 Å². The maximum Gasteiger partial charge on any atom is 0.249 e. The Kier molecular flexibility index (Phi) is 4.11. The van der Waals surface area contributed by atoms with E-state index < -0.39 is 11.9 Å². The van der Waals surface area contributed by atoms with Gasteiger partial charge in [0.1, 0.15) is 11.1 Å². The fourth-order valence-corrected chi connectivity index (χ4v) is 3.14. The van der Waals surface area contributed by atoms with Crippen molar-refractivity contribution in [3.05, 3.63) is 28.2 Å². The lowest BCUT2D eigenvalue weighted by Gasteiger charge is -2.29. The number of carboxylic acids is 1. The van der Waals surface area contributed by atoms with E-state index in [1.165, 1.54) is 11.3 Å². The molecule has 21 heavy (non-hydrogen) atoms. The summed E-state index contributed by atoms with van der Waals surface area (Å²) in [7, 11) is 0. The van der Waals surface area contributed by atoms with E-state index in [1.54, 1.807) is 0 Å². The van der Waals surface area contributed by atoms with Crippen LogP contribution in [0.1, 0.15) is 29.9 Å². The Labute approximate surface area is 125 Å². The molecule has 110 valence electrons. The van der Waals surface area contributed by atoms with Crippen LogP contribution in [0.4, 0.5) is 5.00 Å². The Bertz CT molecular complexity index is 667. The number of carboxylic acid groups (broad SMARTS) is 1. The second-order valence-electron chi connectivity index (χ2n) is 5.19. The molecule has 1 amide bonds. The van der Waals surface area contributed by atoms with Crippen LogP contribution in [0.2, 0.25) is 0 Å². The first kappa shape index (κ1) is 15.2. The number of fused-ring (bicyclic) bond motifs is 1. The summed E-state index contributed by atoms with van der Waals surface area (Å²) in [5.41, 5.74) is 0.954. The lowest BCUT2D eigenvalue weighted by molar-refractivity contribution is -0.297. The SMILES string of the molecule is CC1(C)Cc2c(sc(NC(=O)/C=C/C(=O)[O-])c2C#N)CO1. The molecule has 2 heterocycles. The molecule has 1 aliphatic heterocycles. The summed E-state index contributed by atoms with van der Waals surface area (Å²) in [6.45, 7) is 4.28. The van der Waals surface area contributed by atoms with E-state index in [2.05, 4.69) is 11.4 Å². The number of nitrogens with one attached hydrogen (secondary N) is 1. The molecule has 6 nitrogen and oxygen atoms in total. The Balaban J connectivity index is 2.27. The highest BCUT2D eigenvalue weighted by atomic mass is 32.1. The molecular weight excluding hydrogens is 292 g/mol. The summed E-state index contributed by atoms with van der Waals surface area (Å²) in [6, 6.07) is 2.10. The van der Waals surface area contributed by atoms with Crippen molar-refractivity contribution in [2.75, 3.05) is 5.32 Å². The smallest absolute Gasteiger partial charge is 0.249 e. The molecule has 2 rings (SSSR count). The van der Waals surface area contributed by atoms with Gasteiger partial charge in [0.2, 0.25) is 5.91 Å². The first-order chi connectivity index (χ1) is 9.82. The van der Waals surface area contributed by atoms with Crippen molar-refractivity contribution >= 4 is 28.2 Å². The molecule has 0 radical (unpaired) electrons. The van der Waals surface area contributed by atoms with Gasteiger partial charge in [-0.1, -0.05) is 0 Å². The van der Waals surface area contributed by atoms with Gasteiger partial charge in [-0.25, -0.2) is 0 Å². The number of nitriles is 1. The van der Waals surface area contributed by atoms with Crippen molar-refractivity contribution in [2.45, 2.75) is 32.5 Å². The fraction of sp³-hybridized carbons (Fsp3) is 0.357. The maximum atomic E-state index is 11.6. The monoisotopic (exact) mass is 305 g/mol. The van der Waals surface area contributed by atoms with Crippen LogP contribution in [0, 0.1) is 11.3 Å². The number of amides is 1. The van der Waals surface area contributed by atoms with Crippen molar-refractivity contribution in [1.29, 1.82) is 5.26 Å². The first-order valence-electron chi connectivity index (χ1n) is 6.21. The van der Waals surface area contributed by atoms with Crippen LogP contribution >= 0.6 is 11.3 Å². The summed E-state index contributed by atoms with van der Waals surface area (Å²) in [5.74, 6) is -2.07. The summed E-state index contributed by atoms with van der Waals surface area (Å²) in [5, 5.41) is 22.5. The number of ether oxygens (including phenoxy) is 1. The van der Waals surface area contributed by atoms with Gasteiger partial charge in [0.25, 0.3) is 0 Å². The molecule has 0 aromatic carbocycles. The molecule has 1 N–H and O–H groups in total. The molecule has 0 fully saturated rings. The molecule has 0 aliphatic carbocycles. The van der Waals surface area contributed by atoms with Gasteiger partial charge in [-0.3, -0.25) is 4.79 Å². The molecule has 0 unspecified atom stereocenters. The number of carbonyl (C=O) groups is 2. The summed E-state index contributed by atoms with van der Waals surface area (Å²) >= 11 is 1.27. The van der Waals surface area contributed by atoms with Crippen molar-refractivity contribution in [3.63, 3.8) is 0 Å². The van der Waals surface area contributed by atoms with Crippen LogP contribution in [0.5, 0.6) is 0 Å². The topological polar surface area (TPSA) is 102 Å². The fourth-order valence-electron chi connectivity index (χ4n) is 2.06. The van der Waals surface area contributed by atoms with Crippen LogP contribution in [-0.2, 0) is 27.4 Å². The molecular formula is C14H13N2O4S-. The minimum absolute atomic E-state index is 0.351. The van der Waals surface area contributed by atoms with Crippen molar-refractivity contribution in [1.82, 2.24) is 0 Å². The summed E-state index contributed by atoms with van der Waals surface area (Å²) in [4.78, 5) is 22.8. The van der Waals surface area contributed by atoms with Crippen LogP contribution in [0.15, 0.2) is 12.2 Å².